The summed E-state index contributed by atoms with van der Waals surface area (Å²) in [5.41, 5.74) is 0.694. The van der Waals surface area contributed by atoms with Gasteiger partial charge >= 0.3 is 0 Å². The molecule has 0 aromatic carbocycles. The molecule has 0 radical (unpaired) electrons. The maximum atomic E-state index is 4.20. The Balaban J connectivity index is 3.20. The van der Waals surface area contributed by atoms with E-state index >= 15 is 0 Å². The van der Waals surface area contributed by atoms with Crippen molar-refractivity contribution in [3.63, 3.8) is 0 Å². The van der Waals surface area contributed by atoms with E-state index in [1.807, 2.05) is 0 Å². The standard InChI is InChI=1S/C3H5NS/c1-3(2)4-5/h1H2,2H3. The van der Waals surface area contributed by atoms with Crippen LogP contribution in [0.4, 0.5) is 0 Å². The molecule has 0 aromatic heterocycles. The van der Waals surface area contributed by atoms with E-state index in [2.05, 4.69) is 23.4 Å². The molecule has 0 bridgehead atoms. The van der Waals surface area contributed by atoms with Gasteiger partial charge in [-0.25, -0.2) is 0 Å². The van der Waals surface area contributed by atoms with Gasteiger partial charge < -0.3 is 0 Å². The van der Waals surface area contributed by atoms with Gasteiger partial charge in [0.2, 0.25) is 0 Å². The SMILES string of the molecule is C=C(C)N=S. The molecule has 0 rings (SSSR count). The first-order valence-electron chi connectivity index (χ1n) is 1.26. The third-order valence-corrected chi connectivity index (χ3v) is 0.468. The van der Waals surface area contributed by atoms with E-state index in [0.29, 0.717) is 5.70 Å². The average Bonchev–Trinajstić information content (AvgIpc) is 1.38. The van der Waals surface area contributed by atoms with Crippen molar-refractivity contribution in [2.45, 2.75) is 6.92 Å². The van der Waals surface area contributed by atoms with Crippen LogP contribution in [0.5, 0.6) is 0 Å². The van der Waals surface area contributed by atoms with E-state index in [9.17, 15) is 0 Å². The van der Waals surface area contributed by atoms with Crippen LogP contribution in [-0.4, -0.2) is 0 Å². The van der Waals surface area contributed by atoms with E-state index in [1.54, 1.807) is 6.92 Å². The van der Waals surface area contributed by atoms with Gasteiger partial charge in [0, 0.05) is 18.1 Å². The average molecular weight is 87.1 g/mol. The lowest BCUT2D eigenvalue weighted by molar-refractivity contribution is 1.37. The molecule has 0 N–H and O–H groups in total. The van der Waals surface area contributed by atoms with E-state index in [0.717, 1.165) is 0 Å². The van der Waals surface area contributed by atoms with Gasteiger partial charge in [-0.15, -0.1) is 0 Å². The van der Waals surface area contributed by atoms with Crippen molar-refractivity contribution in [2.24, 2.45) is 4.36 Å². The number of nitrogens with zero attached hydrogens (tertiary/aromatic N) is 1. The Morgan fingerprint density at radius 2 is 2.20 bits per heavy atom. The molecule has 0 saturated carbocycles. The van der Waals surface area contributed by atoms with Crippen LogP contribution in [0.15, 0.2) is 16.6 Å². The fourth-order valence-corrected chi connectivity index (χ4v) is 0. The molecule has 1 nitrogen and oxygen atoms in total. The lowest BCUT2D eigenvalue weighted by Gasteiger charge is -1.69. The Hall–Kier alpha value is -0.240. The minimum absolute atomic E-state index is 0.694. The molecule has 0 unspecified atom stereocenters. The van der Waals surface area contributed by atoms with Gasteiger partial charge in [0.25, 0.3) is 0 Å². The first kappa shape index (κ1) is 4.76. The molecule has 0 amide bonds. The quantitative estimate of drug-likeness (QED) is 0.469. The van der Waals surface area contributed by atoms with Crippen molar-refractivity contribution in [3.05, 3.63) is 12.3 Å². The summed E-state index contributed by atoms with van der Waals surface area (Å²) < 4.78 is 3.28. The lowest BCUT2D eigenvalue weighted by Crippen LogP contribution is -1.50. The maximum Gasteiger partial charge on any atom is 0.0440 e. The molecule has 0 heterocycles. The summed E-state index contributed by atoms with van der Waals surface area (Å²) in [6.07, 6.45) is 0. The maximum absolute atomic E-state index is 4.20. The summed E-state index contributed by atoms with van der Waals surface area (Å²) in [5.74, 6) is 0. The van der Waals surface area contributed by atoms with E-state index in [-0.39, 0.29) is 0 Å². The van der Waals surface area contributed by atoms with Gasteiger partial charge in [-0.05, 0) is 6.92 Å². The zero-order valence-electron chi connectivity index (χ0n) is 3.06. The molecule has 0 fully saturated rings. The molecule has 0 spiro atoms. The summed E-state index contributed by atoms with van der Waals surface area (Å²) in [6.45, 7) is 5.16. The predicted octanol–water partition coefficient (Wildman–Crippen LogP) is 1.25. The highest BCUT2D eigenvalue weighted by Crippen LogP contribution is 1.81. The first-order valence-corrected chi connectivity index (χ1v) is 1.62. The van der Waals surface area contributed by atoms with E-state index < -0.39 is 0 Å². The molecule has 0 aliphatic rings. The van der Waals surface area contributed by atoms with E-state index in [1.165, 1.54) is 0 Å². The highest BCUT2D eigenvalue weighted by atomic mass is 32.1. The van der Waals surface area contributed by atoms with Crippen molar-refractivity contribution in [3.8, 4) is 0 Å². The van der Waals surface area contributed by atoms with Gasteiger partial charge in [0.1, 0.15) is 0 Å². The number of hydrogen-bond acceptors (Lipinski definition) is 2. The fraction of sp³-hybridized carbons (Fsp3) is 0.333. The van der Waals surface area contributed by atoms with Crippen molar-refractivity contribution in [2.75, 3.05) is 0 Å². The van der Waals surface area contributed by atoms with Gasteiger partial charge in [0.05, 0.1) is 0 Å². The molecule has 0 saturated heterocycles. The Labute approximate surface area is 36.9 Å². The van der Waals surface area contributed by atoms with Crippen LogP contribution in [-0.2, 0) is 12.4 Å². The molecular formula is C3H5NS. The topological polar surface area (TPSA) is 12.4 Å². The summed E-state index contributed by atoms with van der Waals surface area (Å²) in [5, 5.41) is 0. The number of rotatable bonds is 1. The summed E-state index contributed by atoms with van der Waals surface area (Å²) in [6, 6.07) is 0. The minimum Gasteiger partial charge on any atom is -0.187 e. The molecule has 28 valence electrons. The van der Waals surface area contributed by atoms with Crippen molar-refractivity contribution in [1.29, 1.82) is 0 Å². The second-order valence-corrected chi connectivity index (χ2v) is 1.01. The lowest BCUT2D eigenvalue weighted by atomic mass is 10.6. The summed E-state index contributed by atoms with van der Waals surface area (Å²) in [4.78, 5) is 0. The molecule has 5 heavy (non-hydrogen) atoms. The molecular weight excluding hydrogens is 82.1 g/mol. The van der Waals surface area contributed by atoms with Crippen molar-refractivity contribution < 1.29 is 0 Å². The summed E-state index contributed by atoms with van der Waals surface area (Å²) >= 11 is 4.20. The highest BCUT2D eigenvalue weighted by Gasteiger charge is 1.62. The Kier molecular flexibility index (Phi) is 1.93. The van der Waals surface area contributed by atoms with Crippen LogP contribution >= 0.6 is 0 Å². The molecule has 0 aromatic rings. The third-order valence-electron chi connectivity index (χ3n) is 0.156. The van der Waals surface area contributed by atoms with Crippen LogP contribution in [0.1, 0.15) is 6.92 Å². The van der Waals surface area contributed by atoms with Crippen LogP contribution in [0.2, 0.25) is 0 Å². The smallest absolute Gasteiger partial charge is 0.0440 e. The second-order valence-electron chi connectivity index (χ2n) is 0.827. The first-order chi connectivity index (χ1) is 2.27. The minimum atomic E-state index is 0.694. The molecule has 0 aliphatic carbocycles. The van der Waals surface area contributed by atoms with Crippen molar-refractivity contribution >= 4 is 12.4 Å². The fourth-order valence-electron chi connectivity index (χ4n) is 0. The number of hydrogen-bond donors (Lipinski definition) is 0. The normalized spacial score (nSPS) is 6.60. The Morgan fingerprint density at radius 3 is 2.20 bits per heavy atom. The summed E-state index contributed by atoms with van der Waals surface area (Å²) in [7, 11) is 0. The predicted molar refractivity (Wildman–Crippen MR) is 24.6 cm³/mol. The highest BCUT2D eigenvalue weighted by molar-refractivity contribution is 7.47. The van der Waals surface area contributed by atoms with Crippen LogP contribution in [0.3, 0.4) is 0 Å². The van der Waals surface area contributed by atoms with Gasteiger partial charge in [-0.2, -0.15) is 4.36 Å². The largest absolute Gasteiger partial charge is 0.187 e. The zero-order chi connectivity index (χ0) is 4.28. The zero-order valence-corrected chi connectivity index (χ0v) is 3.88. The Bertz CT molecular complexity index is 57.9. The van der Waals surface area contributed by atoms with Crippen molar-refractivity contribution in [1.82, 2.24) is 0 Å². The monoisotopic (exact) mass is 87.0 g/mol. The molecule has 2 heteroatoms. The number of allylic oxidation sites excluding steroid dienone is 1. The van der Waals surface area contributed by atoms with Gasteiger partial charge in [0.15, 0.2) is 0 Å². The third kappa shape index (κ3) is 3.76. The van der Waals surface area contributed by atoms with E-state index in [4.69, 9.17) is 0 Å². The molecule has 0 atom stereocenters. The Morgan fingerprint density at radius 1 is 2.00 bits per heavy atom. The molecule has 0 aliphatic heterocycles. The van der Waals surface area contributed by atoms with Crippen LogP contribution in [0, 0.1) is 0 Å². The second kappa shape index (κ2) is 2.03. The van der Waals surface area contributed by atoms with Gasteiger partial charge in [-0.1, -0.05) is 6.58 Å². The van der Waals surface area contributed by atoms with Crippen LogP contribution in [0.25, 0.3) is 0 Å². The van der Waals surface area contributed by atoms with Crippen LogP contribution < -0.4 is 0 Å². The van der Waals surface area contributed by atoms with Gasteiger partial charge in [-0.3, -0.25) is 0 Å².